The van der Waals surface area contributed by atoms with Gasteiger partial charge in [0.15, 0.2) is 0 Å². The summed E-state index contributed by atoms with van der Waals surface area (Å²) in [6.45, 7) is 10.5. The summed E-state index contributed by atoms with van der Waals surface area (Å²) in [5.74, 6) is 3.21. The van der Waals surface area contributed by atoms with Crippen LogP contribution in [0.25, 0.3) is 0 Å². The second kappa shape index (κ2) is 9.02. The maximum Gasteiger partial charge on any atom is 0.0214 e. The molecule has 2 aromatic carbocycles. The third-order valence-corrected chi connectivity index (χ3v) is 7.93. The second-order valence-electron chi connectivity index (χ2n) is 10.0. The topological polar surface area (TPSA) is 24.1 Å². The second-order valence-corrected chi connectivity index (χ2v) is 10.0. The van der Waals surface area contributed by atoms with Crippen LogP contribution in [0.15, 0.2) is 60.7 Å². The highest BCUT2D eigenvalue weighted by Crippen LogP contribution is 2.61. The van der Waals surface area contributed by atoms with Gasteiger partial charge < -0.3 is 10.6 Å². The molecule has 0 radical (unpaired) electrons. The average molecular weight is 391 g/mol. The normalized spacial score (nSPS) is 26.1. The van der Waals surface area contributed by atoms with Crippen LogP contribution in [0.1, 0.15) is 57.1 Å². The van der Waals surface area contributed by atoms with Gasteiger partial charge in [0.1, 0.15) is 0 Å². The largest absolute Gasteiger partial charge is 0.314 e. The number of nitrogens with one attached hydrogen (secondary N) is 2. The van der Waals surface area contributed by atoms with Crippen molar-refractivity contribution in [3.05, 3.63) is 71.8 Å². The summed E-state index contributed by atoms with van der Waals surface area (Å²) >= 11 is 0. The van der Waals surface area contributed by atoms with Gasteiger partial charge in [-0.05, 0) is 67.0 Å². The molecular formula is C27H38N2. The molecule has 4 unspecified atom stereocenters. The SMILES string of the molecule is CC(CNCC(c1ccccc1)c1ccccc1)NCC1CCC2CC1C2(C)C. The molecule has 4 atom stereocenters. The molecular weight excluding hydrogens is 352 g/mol. The lowest BCUT2D eigenvalue weighted by molar-refractivity contribution is -0.104. The molecule has 2 nitrogen and oxygen atoms in total. The maximum atomic E-state index is 3.84. The zero-order chi connectivity index (χ0) is 20.3. The monoisotopic (exact) mass is 390 g/mol. The zero-order valence-corrected chi connectivity index (χ0v) is 18.4. The van der Waals surface area contributed by atoms with E-state index >= 15 is 0 Å². The Kier molecular flexibility index (Phi) is 6.41. The molecule has 3 aliphatic carbocycles. The molecule has 5 rings (SSSR count). The van der Waals surface area contributed by atoms with Crippen molar-refractivity contribution >= 4 is 0 Å². The van der Waals surface area contributed by atoms with Gasteiger partial charge in [-0.2, -0.15) is 0 Å². The van der Waals surface area contributed by atoms with E-state index in [4.69, 9.17) is 0 Å². The summed E-state index contributed by atoms with van der Waals surface area (Å²) in [6, 6.07) is 22.3. The molecule has 0 aliphatic heterocycles. The van der Waals surface area contributed by atoms with E-state index in [9.17, 15) is 0 Å². The van der Waals surface area contributed by atoms with Crippen LogP contribution >= 0.6 is 0 Å². The molecule has 3 aliphatic rings. The molecule has 2 aromatic rings. The van der Waals surface area contributed by atoms with Gasteiger partial charge in [-0.1, -0.05) is 74.5 Å². The van der Waals surface area contributed by atoms with Crippen LogP contribution in [0, 0.1) is 23.2 Å². The lowest BCUT2D eigenvalue weighted by atomic mass is 9.45. The van der Waals surface area contributed by atoms with E-state index in [0.717, 1.165) is 30.8 Å². The molecule has 156 valence electrons. The van der Waals surface area contributed by atoms with Gasteiger partial charge in [-0.15, -0.1) is 0 Å². The molecule has 0 spiro atoms. The first-order valence-electron chi connectivity index (χ1n) is 11.6. The summed E-state index contributed by atoms with van der Waals surface area (Å²) in [5.41, 5.74) is 3.36. The number of benzene rings is 2. The maximum absolute atomic E-state index is 3.84. The molecule has 29 heavy (non-hydrogen) atoms. The summed E-state index contributed by atoms with van der Waals surface area (Å²) in [5, 5.41) is 7.58. The molecule has 0 amide bonds. The zero-order valence-electron chi connectivity index (χ0n) is 18.4. The van der Waals surface area contributed by atoms with Crippen LogP contribution in [-0.2, 0) is 0 Å². The van der Waals surface area contributed by atoms with Crippen molar-refractivity contribution in [2.45, 2.75) is 52.0 Å². The number of hydrogen-bond acceptors (Lipinski definition) is 2. The van der Waals surface area contributed by atoms with Crippen LogP contribution in [0.5, 0.6) is 0 Å². The van der Waals surface area contributed by atoms with Crippen LogP contribution < -0.4 is 10.6 Å². The minimum atomic E-state index is 0.399. The Hall–Kier alpha value is -1.64. The summed E-state index contributed by atoms with van der Waals surface area (Å²) < 4.78 is 0. The Morgan fingerprint density at radius 2 is 1.52 bits per heavy atom. The van der Waals surface area contributed by atoms with Gasteiger partial charge in [-0.3, -0.25) is 0 Å². The van der Waals surface area contributed by atoms with Gasteiger partial charge in [0, 0.05) is 25.0 Å². The van der Waals surface area contributed by atoms with E-state index in [-0.39, 0.29) is 0 Å². The number of fused-ring (bicyclic) bond motifs is 2. The van der Waals surface area contributed by atoms with E-state index in [1.807, 2.05) is 0 Å². The fraction of sp³-hybridized carbons (Fsp3) is 0.556. The molecule has 3 saturated carbocycles. The Morgan fingerprint density at radius 3 is 2.07 bits per heavy atom. The first kappa shape index (κ1) is 20.6. The lowest BCUT2D eigenvalue weighted by Crippen LogP contribution is -2.55. The van der Waals surface area contributed by atoms with Crippen LogP contribution in [0.3, 0.4) is 0 Å². The van der Waals surface area contributed by atoms with E-state index in [2.05, 4.69) is 92.1 Å². The highest BCUT2D eigenvalue weighted by atomic mass is 15.0. The molecule has 0 saturated heterocycles. The molecule has 2 bridgehead atoms. The fourth-order valence-corrected chi connectivity index (χ4v) is 5.87. The smallest absolute Gasteiger partial charge is 0.0214 e. The Morgan fingerprint density at radius 1 is 0.897 bits per heavy atom. The first-order valence-corrected chi connectivity index (χ1v) is 11.6. The number of hydrogen-bond donors (Lipinski definition) is 2. The van der Waals surface area contributed by atoms with Crippen molar-refractivity contribution in [2.24, 2.45) is 23.2 Å². The predicted molar refractivity (Wildman–Crippen MR) is 123 cm³/mol. The molecule has 0 heterocycles. The van der Waals surface area contributed by atoms with Gasteiger partial charge >= 0.3 is 0 Å². The number of rotatable bonds is 9. The standard InChI is InChI=1S/C27H38N2/c1-20(29-18-23-14-15-24-16-26(23)27(24,2)3)17-28-19-25(21-10-6-4-7-11-21)22-12-8-5-9-13-22/h4-13,20,23-26,28-29H,14-19H2,1-3H3. The highest BCUT2D eigenvalue weighted by molar-refractivity contribution is 5.32. The van der Waals surface area contributed by atoms with E-state index in [1.54, 1.807) is 0 Å². The van der Waals surface area contributed by atoms with Crippen LogP contribution in [-0.4, -0.2) is 25.7 Å². The predicted octanol–water partition coefficient (Wildman–Crippen LogP) is 5.46. The molecule has 3 fully saturated rings. The van der Waals surface area contributed by atoms with Gasteiger partial charge in [0.2, 0.25) is 0 Å². The van der Waals surface area contributed by atoms with Crippen molar-refractivity contribution < 1.29 is 0 Å². The van der Waals surface area contributed by atoms with Crippen molar-refractivity contribution in [3.63, 3.8) is 0 Å². The lowest BCUT2D eigenvalue weighted by Gasteiger charge is -2.60. The van der Waals surface area contributed by atoms with Gasteiger partial charge in [-0.25, -0.2) is 0 Å². The van der Waals surface area contributed by atoms with E-state index in [1.165, 1.54) is 36.9 Å². The Balaban J connectivity index is 1.26. The molecule has 0 aromatic heterocycles. The summed E-state index contributed by atoms with van der Waals surface area (Å²) in [6.07, 6.45) is 4.34. The third kappa shape index (κ3) is 4.59. The van der Waals surface area contributed by atoms with E-state index in [0.29, 0.717) is 17.4 Å². The quantitative estimate of drug-likeness (QED) is 0.594. The van der Waals surface area contributed by atoms with Crippen LogP contribution in [0.2, 0.25) is 0 Å². The highest BCUT2D eigenvalue weighted by Gasteiger charge is 2.53. The molecule has 2 N–H and O–H groups in total. The van der Waals surface area contributed by atoms with Crippen molar-refractivity contribution in [1.29, 1.82) is 0 Å². The van der Waals surface area contributed by atoms with Gasteiger partial charge in [0.25, 0.3) is 0 Å². The van der Waals surface area contributed by atoms with Crippen molar-refractivity contribution in [3.8, 4) is 0 Å². The first-order chi connectivity index (χ1) is 14.1. The third-order valence-electron chi connectivity index (χ3n) is 7.93. The summed E-state index contributed by atoms with van der Waals surface area (Å²) in [7, 11) is 0. The van der Waals surface area contributed by atoms with E-state index < -0.39 is 0 Å². The van der Waals surface area contributed by atoms with Crippen molar-refractivity contribution in [2.75, 3.05) is 19.6 Å². The average Bonchev–Trinajstić information content (AvgIpc) is 2.76. The fourth-order valence-electron chi connectivity index (χ4n) is 5.87. The van der Waals surface area contributed by atoms with Crippen molar-refractivity contribution in [1.82, 2.24) is 10.6 Å². The van der Waals surface area contributed by atoms with Gasteiger partial charge in [0.05, 0.1) is 0 Å². The minimum Gasteiger partial charge on any atom is -0.314 e. The van der Waals surface area contributed by atoms with Crippen LogP contribution in [0.4, 0.5) is 0 Å². The molecule has 2 heteroatoms. The minimum absolute atomic E-state index is 0.399. The Labute approximate surface area is 177 Å². The summed E-state index contributed by atoms with van der Waals surface area (Å²) in [4.78, 5) is 0. The Bertz CT molecular complexity index is 713.